The van der Waals surface area contributed by atoms with Crippen molar-refractivity contribution in [2.24, 2.45) is 0 Å². The summed E-state index contributed by atoms with van der Waals surface area (Å²) in [5.41, 5.74) is 1.84. The summed E-state index contributed by atoms with van der Waals surface area (Å²) in [4.78, 5) is 22.5. The van der Waals surface area contributed by atoms with Crippen LogP contribution in [-0.2, 0) is 9.53 Å². The van der Waals surface area contributed by atoms with Gasteiger partial charge in [0.15, 0.2) is 0 Å². The van der Waals surface area contributed by atoms with Crippen molar-refractivity contribution in [1.82, 2.24) is 0 Å². The fraction of sp³-hybridized carbons (Fsp3) is 0.0526. The van der Waals surface area contributed by atoms with Crippen LogP contribution in [0.25, 0.3) is 11.1 Å². The van der Waals surface area contributed by atoms with Crippen LogP contribution in [0, 0.1) is 0 Å². The van der Waals surface area contributed by atoms with Gasteiger partial charge >= 0.3 is 12.1 Å². The summed E-state index contributed by atoms with van der Waals surface area (Å²) >= 11 is 0. The van der Waals surface area contributed by atoms with Crippen molar-refractivity contribution in [3.05, 3.63) is 73.8 Å². The number of hydrogen-bond donors (Lipinski definition) is 0. The van der Waals surface area contributed by atoms with Crippen LogP contribution in [0.3, 0.4) is 0 Å². The molecule has 0 aliphatic carbocycles. The highest BCUT2D eigenvalue weighted by Crippen LogP contribution is 2.24. The second kappa shape index (κ2) is 8.33. The molecule has 0 aliphatic heterocycles. The Morgan fingerprint density at radius 3 is 1.79 bits per heavy atom. The zero-order chi connectivity index (χ0) is 17.4. The van der Waals surface area contributed by atoms with Gasteiger partial charge in [0, 0.05) is 6.08 Å². The standard InChI is InChI=1S/C19H16O5/c1-3-13-22-19(21)24-17-11-7-15(8-12-17)14-5-9-16(10-6-14)23-18(20)4-2/h3-12H,1-2,13H2. The van der Waals surface area contributed by atoms with Crippen LogP contribution in [0.2, 0.25) is 0 Å². The Bertz CT molecular complexity index is 729. The summed E-state index contributed by atoms with van der Waals surface area (Å²) in [5.74, 6) is 0.311. The minimum atomic E-state index is -0.781. The van der Waals surface area contributed by atoms with E-state index in [2.05, 4.69) is 13.2 Å². The third-order valence-corrected chi connectivity index (χ3v) is 2.95. The van der Waals surface area contributed by atoms with Crippen LogP contribution in [0.4, 0.5) is 4.79 Å². The monoisotopic (exact) mass is 324 g/mol. The Labute approximate surface area is 139 Å². The van der Waals surface area contributed by atoms with Crippen LogP contribution >= 0.6 is 0 Å². The molecule has 0 aromatic heterocycles. The molecule has 0 radical (unpaired) electrons. The van der Waals surface area contributed by atoms with Gasteiger partial charge in [-0.05, 0) is 35.4 Å². The molecule has 122 valence electrons. The highest BCUT2D eigenvalue weighted by Gasteiger charge is 2.06. The van der Waals surface area contributed by atoms with E-state index in [1.165, 1.54) is 6.08 Å². The van der Waals surface area contributed by atoms with E-state index in [-0.39, 0.29) is 6.61 Å². The quantitative estimate of drug-likeness (QED) is 0.263. The number of ether oxygens (including phenoxy) is 3. The molecular weight excluding hydrogens is 308 g/mol. The topological polar surface area (TPSA) is 61.8 Å². The smallest absolute Gasteiger partial charge is 0.430 e. The Kier molecular flexibility index (Phi) is 5.91. The lowest BCUT2D eigenvalue weighted by atomic mass is 10.1. The van der Waals surface area contributed by atoms with Gasteiger partial charge in [0.25, 0.3) is 0 Å². The van der Waals surface area contributed by atoms with E-state index in [0.29, 0.717) is 11.5 Å². The second-order valence-electron chi connectivity index (χ2n) is 4.63. The molecule has 0 amide bonds. The summed E-state index contributed by atoms with van der Waals surface area (Å²) in [7, 11) is 0. The molecule has 0 N–H and O–H groups in total. The average molecular weight is 324 g/mol. The molecule has 0 heterocycles. The van der Waals surface area contributed by atoms with Crippen molar-refractivity contribution in [1.29, 1.82) is 0 Å². The van der Waals surface area contributed by atoms with Gasteiger partial charge in [-0.3, -0.25) is 0 Å². The Morgan fingerprint density at radius 2 is 1.33 bits per heavy atom. The van der Waals surface area contributed by atoms with Gasteiger partial charge in [-0.1, -0.05) is 43.5 Å². The summed E-state index contributed by atoms with van der Waals surface area (Å²) in [6.07, 6.45) is 1.78. The first kappa shape index (κ1) is 17.0. The molecular formula is C19H16O5. The molecule has 24 heavy (non-hydrogen) atoms. The first-order valence-electron chi connectivity index (χ1n) is 7.12. The van der Waals surface area contributed by atoms with Crippen molar-refractivity contribution in [2.45, 2.75) is 0 Å². The van der Waals surface area contributed by atoms with Crippen LogP contribution in [0.15, 0.2) is 73.8 Å². The number of benzene rings is 2. The van der Waals surface area contributed by atoms with E-state index in [9.17, 15) is 9.59 Å². The number of hydrogen-bond acceptors (Lipinski definition) is 5. The van der Waals surface area contributed by atoms with Gasteiger partial charge in [-0.15, -0.1) is 0 Å². The molecule has 5 nitrogen and oxygen atoms in total. The van der Waals surface area contributed by atoms with E-state index in [0.717, 1.165) is 17.2 Å². The lowest BCUT2D eigenvalue weighted by Gasteiger charge is -2.07. The van der Waals surface area contributed by atoms with E-state index in [4.69, 9.17) is 14.2 Å². The van der Waals surface area contributed by atoms with Crippen LogP contribution in [0.1, 0.15) is 0 Å². The molecule has 0 unspecified atom stereocenters. The molecule has 0 aliphatic rings. The van der Waals surface area contributed by atoms with Crippen molar-refractivity contribution in [2.75, 3.05) is 6.61 Å². The lowest BCUT2D eigenvalue weighted by molar-refractivity contribution is -0.128. The molecule has 2 aromatic rings. The molecule has 0 spiro atoms. The third kappa shape index (κ3) is 4.84. The Balaban J connectivity index is 2.02. The predicted octanol–water partition coefficient (Wildman–Crippen LogP) is 4.15. The summed E-state index contributed by atoms with van der Waals surface area (Å²) in [5, 5.41) is 0. The zero-order valence-electron chi connectivity index (χ0n) is 12.9. The summed E-state index contributed by atoms with van der Waals surface area (Å²) in [6, 6.07) is 14.0. The van der Waals surface area contributed by atoms with Gasteiger partial charge in [-0.25, -0.2) is 9.59 Å². The molecule has 0 fully saturated rings. The molecule has 2 aromatic carbocycles. The first-order chi connectivity index (χ1) is 11.6. The van der Waals surface area contributed by atoms with Crippen molar-refractivity contribution < 1.29 is 23.8 Å². The third-order valence-electron chi connectivity index (χ3n) is 2.95. The Morgan fingerprint density at radius 1 is 0.833 bits per heavy atom. The number of carbonyl (C=O) groups is 2. The SMILES string of the molecule is C=CCOC(=O)Oc1ccc(-c2ccc(OC(=O)C=C)cc2)cc1. The first-order valence-corrected chi connectivity index (χ1v) is 7.12. The second-order valence-corrected chi connectivity index (χ2v) is 4.63. The number of carbonyl (C=O) groups excluding carboxylic acids is 2. The fourth-order valence-electron chi connectivity index (χ4n) is 1.84. The summed E-state index contributed by atoms with van der Waals surface area (Å²) < 4.78 is 14.8. The van der Waals surface area contributed by atoms with Gasteiger partial charge in [-0.2, -0.15) is 0 Å². The molecule has 0 atom stereocenters. The molecule has 5 heteroatoms. The lowest BCUT2D eigenvalue weighted by Crippen LogP contribution is -2.10. The van der Waals surface area contributed by atoms with Crippen LogP contribution in [-0.4, -0.2) is 18.7 Å². The van der Waals surface area contributed by atoms with Crippen molar-refractivity contribution in [3.63, 3.8) is 0 Å². The van der Waals surface area contributed by atoms with Gasteiger partial charge in [0.1, 0.15) is 18.1 Å². The van der Waals surface area contributed by atoms with E-state index in [1.807, 2.05) is 12.1 Å². The molecule has 0 saturated heterocycles. The van der Waals surface area contributed by atoms with E-state index < -0.39 is 12.1 Å². The minimum Gasteiger partial charge on any atom is -0.430 e. The van der Waals surface area contributed by atoms with Crippen LogP contribution in [0.5, 0.6) is 11.5 Å². The van der Waals surface area contributed by atoms with E-state index in [1.54, 1.807) is 36.4 Å². The maximum atomic E-state index is 11.3. The van der Waals surface area contributed by atoms with Crippen LogP contribution < -0.4 is 9.47 Å². The number of esters is 1. The van der Waals surface area contributed by atoms with Crippen molar-refractivity contribution >= 4 is 12.1 Å². The predicted molar refractivity (Wildman–Crippen MR) is 89.9 cm³/mol. The van der Waals surface area contributed by atoms with Gasteiger partial charge < -0.3 is 14.2 Å². The van der Waals surface area contributed by atoms with E-state index >= 15 is 0 Å². The van der Waals surface area contributed by atoms with Gasteiger partial charge in [0.2, 0.25) is 0 Å². The largest absolute Gasteiger partial charge is 0.514 e. The molecule has 2 rings (SSSR count). The van der Waals surface area contributed by atoms with Crippen molar-refractivity contribution in [3.8, 4) is 22.6 Å². The fourth-order valence-corrected chi connectivity index (χ4v) is 1.84. The maximum absolute atomic E-state index is 11.3. The highest BCUT2D eigenvalue weighted by molar-refractivity contribution is 5.83. The molecule has 0 saturated carbocycles. The highest BCUT2D eigenvalue weighted by atomic mass is 16.7. The molecule has 0 bridgehead atoms. The maximum Gasteiger partial charge on any atom is 0.514 e. The number of rotatable bonds is 6. The Hall–Kier alpha value is -3.34. The van der Waals surface area contributed by atoms with Gasteiger partial charge in [0.05, 0.1) is 0 Å². The zero-order valence-corrected chi connectivity index (χ0v) is 12.9. The summed E-state index contributed by atoms with van der Waals surface area (Å²) in [6.45, 7) is 6.89. The minimum absolute atomic E-state index is 0.0969. The average Bonchev–Trinajstić information content (AvgIpc) is 2.61. The normalized spacial score (nSPS) is 9.67.